The van der Waals surface area contributed by atoms with Crippen molar-refractivity contribution in [3.05, 3.63) is 11.8 Å². The SMILES string of the molecule is CCOP(=O)(OCC)OC(=C(F)F)C(F)(F)F. The molecule has 4 nitrogen and oxygen atoms in total. The van der Waals surface area contributed by atoms with Gasteiger partial charge in [0.25, 0.3) is 5.76 Å². The van der Waals surface area contributed by atoms with Crippen molar-refractivity contribution >= 4 is 7.82 Å². The third-order valence-electron chi connectivity index (χ3n) is 1.21. The van der Waals surface area contributed by atoms with E-state index in [4.69, 9.17) is 0 Å². The van der Waals surface area contributed by atoms with E-state index in [0.717, 1.165) is 0 Å². The molecule has 0 rings (SSSR count). The molecule has 102 valence electrons. The Morgan fingerprint density at radius 3 is 1.76 bits per heavy atom. The molecular formula is C7H10F5O4P. The Balaban J connectivity index is 5.10. The number of phosphoric ester groups is 1. The summed E-state index contributed by atoms with van der Waals surface area (Å²) in [5.41, 5.74) is 0. The van der Waals surface area contributed by atoms with Gasteiger partial charge in [0.05, 0.1) is 13.2 Å². The minimum Gasteiger partial charge on any atom is -0.393 e. The van der Waals surface area contributed by atoms with Crippen molar-refractivity contribution in [2.75, 3.05) is 13.2 Å². The van der Waals surface area contributed by atoms with Crippen LogP contribution in [0.15, 0.2) is 11.8 Å². The summed E-state index contributed by atoms with van der Waals surface area (Å²) in [6, 6.07) is 0. The van der Waals surface area contributed by atoms with Gasteiger partial charge in [0.15, 0.2) is 0 Å². The van der Waals surface area contributed by atoms with Crippen molar-refractivity contribution < 1.29 is 40.1 Å². The largest absolute Gasteiger partial charge is 0.530 e. The molecule has 0 aliphatic rings. The lowest BCUT2D eigenvalue weighted by molar-refractivity contribution is -0.125. The van der Waals surface area contributed by atoms with Crippen LogP contribution in [-0.2, 0) is 18.1 Å². The third kappa shape index (κ3) is 5.47. The van der Waals surface area contributed by atoms with Gasteiger partial charge in [0, 0.05) is 0 Å². The monoisotopic (exact) mass is 284 g/mol. The first-order chi connectivity index (χ1) is 7.66. The Kier molecular flexibility index (Phi) is 6.08. The van der Waals surface area contributed by atoms with Crippen LogP contribution in [0.5, 0.6) is 0 Å². The van der Waals surface area contributed by atoms with Crippen molar-refractivity contribution in [3.8, 4) is 0 Å². The molecule has 0 saturated heterocycles. The van der Waals surface area contributed by atoms with E-state index in [0.29, 0.717) is 0 Å². The number of hydrogen-bond donors (Lipinski definition) is 0. The van der Waals surface area contributed by atoms with Gasteiger partial charge in [-0.05, 0) is 13.8 Å². The van der Waals surface area contributed by atoms with Gasteiger partial charge in [-0.15, -0.1) is 0 Å². The Hall–Kier alpha value is -0.660. The van der Waals surface area contributed by atoms with Gasteiger partial charge in [0.1, 0.15) is 0 Å². The standard InChI is InChI=1S/C7H10F5O4P/c1-3-14-17(13,15-4-2)16-5(6(8)9)7(10,11)12/h3-4H2,1-2H3. The van der Waals surface area contributed by atoms with E-state index in [9.17, 15) is 26.5 Å². The summed E-state index contributed by atoms with van der Waals surface area (Å²) in [5, 5.41) is 0. The molecule has 0 radical (unpaired) electrons. The zero-order chi connectivity index (χ0) is 13.7. The fourth-order valence-electron chi connectivity index (χ4n) is 0.711. The van der Waals surface area contributed by atoms with E-state index < -0.39 is 25.8 Å². The number of halogens is 5. The minimum atomic E-state index is -5.48. The lowest BCUT2D eigenvalue weighted by Gasteiger charge is -2.19. The number of phosphoric acid groups is 1. The summed E-state index contributed by atoms with van der Waals surface area (Å²) in [7, 11) is -4.68. The second kappa shape index (κ2) is 6.32. The molecule has 0 atom stereocenters. The van der Waals surface area contributed by atoms with Crippen molar-refractivity contribution in [2.45, 2.75) is 20.0 Å². The van der Waals surface area contributed by atoms with Crippen molar-refractivity contribution in [1.29, 1.82) is 0 Å². The summed E-state index contributed by atoms with van der Waals surface area (Å²) in [6.07, 6.45) is -8.64. The zero-order valence-corrected chi connectivity index (χ0v) is 9.78. The summed E-state index contributed by atoms with van der Waals surface area (Å²) < 4.78 is 84.0. The van der Waals surface area contributed by atoms with E-state index in [2.05, 4.69) is 13.6 Å². The smallest absolute Gasteiger partial charge is 0.393 e. The maximum atomic E-state index is 12.1. The van der Waals surface area contributed by atoms with Gasteiger partial charge in [-0.25, -0.2) is 4.57 Å². The minimum absolute atomic E-state index is 0.323. The highest BCUT2D eigenvalue weighted by molar-refractivity contribution is 7.48. The average molecular weight is 284 g/mol. The van der Waals surface area contributed by atoms with Gasteiger partial charge < -0.3 is 4.52 Å². The zero-order valence-electron chi connectivity index (χ0n) is 8.88. The van der Waals surface area contributed by atoms with Gasteiger partial charge in [0.2, 0.25) is 0 Å². The first-order valence-electron chi connectivity index (χ1n) is 4.37. The molecule has 0 aliphatic heterocycles. The highest BCUT2D eigenvalue weighted by Crippen LogP contribution is 2.54. The van der Waals surface area contributed by atoms with E-state index in [1.54, 1.807) is 0 Å². The van der Waals surface area contributed by atoms with Crippen LogP contribution in [0.25, 0.3) is 0 Å². The van der Waals surface area contributed by atoms with Crippen LogP contribution in [0.4, 0.5) is 22.0 Å². The highest BCUT2D eigenvalue weighted by atomic mass is 31.2. The Labute approximate surface area is 94.0 Å². The molecule has 17 heavy (non-hydrogen) atoms. The number of alkyl halides is 3. The molecule has 0 N–H and O–H groups in total. The number of hydrogen-bond acceptors (Lipinski definition) is 4. The molecule has 0 fully saturated rings. The van der Waals surface area contributed by atoms with Gasteiger partial charge in [-0.2, -0.15) is 22.0 Å². The van der Waals surface area contributed by atoms with Gasteiger partial charge in [-0.3, -0.25) is 9.05 Å². The first-order valence-corrected chi connectivity index (χ1v) is 5.83. The second-order valence-corrected chi connectivity index (χ2v) is 4.05. The van der Waals surface area contributed by atoms with Gasteiger partial charge >= 0.3 is 20.1 Å². The van der Waals surface area contributed by atoms with Crippen molar-refractivity contribution in [1.82, 2.24) is 0 Å². The summed E-state index contributed by atoms with van der Waals surface area (Å²) in [6.45, 7) is 1.93. The van der Waals surface area contributed by atoms with E-state index in [-0.39, 0.29) is 13.2 Å². The quantitative estimate of drug-likeness (QED) is 0.422. The fourth-order valence-corrected chi connectivity index (χ4v) is 1.92. The van der Waals surface area contributed by atoms with E-state index in [1.807, 2.05) is 0 Å². The molecule has 0 amide bonds. The number of rotatable bonds is 6. The van der Waals surface area contributed by atoms with Crippen molar-refractivity contribution in [3.63, 3.8) is 0 Å². The molecule has 0 saturated carbocycles. The maximum absolute atomic E-state index is 12.1. The van der Waals surface area contributed by atoms with Crippen molar-refractivity contribution in [2.24, 2.45) is 0 Å². The molecule has 0 spiro atoms. The molecule has 0 unspecified atom stereocenters. The van der Waals surface area contributed by atoms with Crippen LogP contribution in [0.3, 0.4) is 0 Å². The summed E-state index contributed by atoms with van der Waals surface area (Å²) in [5.74, 6) is -2.68. The van der Waals surface area contributed by atoms with Crippen LogP contribution in [0, 0.1) is 0 Å². The van der Waals surface area contributed by atoms with E-state index >= 15 is 0 Å². The average Bonchev–Trinajstić information content (AvgIpc) is 2.13. The van der Waals surface area contributed by atoms with Gasteiger partial charge in [-0.1, -0.05) is 0 Å². The molecule has 0 aromatic heterocycles. The van der Waals surface area contributed by atoms with Crippen LogP contribution >= 0.6 is 7.82 Å². The van der Waals surface area contributed by atoms with E-state index in [1.165, 1.54) is 13.8 Å². The Morgan fingerprint density at radius 2 is 1.53 bits per heavy atom. The molecule has 0 bridgehead atoms. The fraction of sp³-hybridized carbons (Fsp3) is 0.714. The lowest BCUT2D eigenvalue weighted by Crippen LogP contribution is -2.16. The molecule has 0 heterocycles. The van der Waals surface area contributed by atoms with Crippen LogP contribution in [0.1, 0.15) is 13.8 Å². The second-order valence-electron chi connectivity index (χ2n) is 2.46. The molecule has 0 aromatic carbocycles. The molecule has 0 aromatic rings. The topological polar surface area (TPSA) is 44.8 Å². The normalized spacial score (nSPS) is 12.4. The summed E-state index contributed by atoms with van der Waals surface area (Å²) >= 11 is 0. The number of allylic oxidation sites excluding steroid dienone is 1. The van der Waals surface area contributed by atoms with Crippen LogP contribution in [0.2, 0.25) is 0 Å². The third-order valence-corrected chi connectivity index (χ3v) is 2.76. The highest BCUT2D eigenvalue weighted by Gasteiger charge is 2.45. The first kappa shape index (κ1) is 16.3. The predicted molar refractivity (Wildman–Crippen MR) is 47.2 cm³/mol. The Morgan fingerprint density at radius 1 is 1.12 bits per heavy atom. The molecular weight excluding hydrogens is 274 g/mol. The lowest BCUT2D eigenvalue weighted by atomic mass is 10.5. The molecule has 0 aliphatic carbocycles. The molecule has 10 heteroatoms. The van der Waals surface area contributed by atoms with Crippen LogP contribution in [-0.4, -0.2) is 19.4 Å². The van der Waals surface area contributed by atoms with Crippen LogP contribution < -0.4 is 0 Å². The summed E-state index contributed by atoms with van der Waals surface area (Å²) in [4.78, 5) is 0. The predicted octanol–water partition coefficient (Wildman–Crippen LogP) is 3.85. The Bertz CT molecular complexity index is 313. The maximum Gasteiger partial charge on any atom is 0.530 e.